The van der Waals surface area contributed by atoms with Crippen molar-refractivity contribution in [3.05, 3.63) is 22.4 Å². The molecule has 1 aliphatic rings. The lowest BCUT2D eigenvalue weighted by atomic mass is 10.0. The van der Waals surface area contributed by atoms with Crippen LogP contribution in [0.2, 0.25) is 0 Å². The molecule has 1 aliphatic carbocycles. The molecule has 130 valence electrons. The summed E-state index contributed by atoms with van der Waals surface area (Å²) >= 11 is 3.52. The van der Waals surface area contributed by atoms with Crippen molar-refractivity contribution in [2.24, 2.45) is 17.5 Å². The summed E-state index contributed by atoms with van der Waals surface area (Å²) in [6, 6.07) is 2.15. The summed E-state index contributed by atoms with van der Waals surface area (Å²) < 4.78 is 8.76. The zero-order valence-corrected chi connectivity index (χ0v) is 16.3. The normalized spacial score (nSPS) is 16.5. The third-order valence-corrected chi connectivity index (χ3v) is 5.04. The second-order valence-electron chi connectivity index (χ2n) is 6.46. The molecule has 1 heterocycles. The van der Waals surface area contributed by atoms with E-state index in [9.17, 15) is 0 Å². The Kier molecular flexibility index (Phi) is 6.53. The van der Waals surface area contributed by atoms with Crippen molar-refractivity contribution in [3.8, 4) is 0 Å². The summed E-state index contributed by atoms with van der Waals surface area (Å²) in [5.41, 5.74) is 1.67. The van der Waals surface area contributed by atoms with Gasteiger partial charge in [0.15, 0.2) is 5.96 Å². The molecular weight excluding hydrogens is 356 g/mol. The molecule has 0 aliphatic heterocycles. The number of hydrogen-bond acceptors (Lipinski definition) is 2. The number of ether oxygens (including phenoxy) is 1. The summed E-state index contributed by atoms with van der Waals surface area (Å²) in [4.78, 5) is 6.59. The van der Waals surface area contributed by atoms with Crippen LogP contribution in [0.1, 0.15) is 31.9 Å². The first-order valence-corrected chi connectivity index (χ1v) is 9.09. The molecule has 0 aromatic carbocycles. The minimum atomic E-state index is 0.417. The number of halogens is 1. The van der Waals surface area contributed by atoms with Gasteiger partial charge in [-0.2, -0.15) is 0 Å². The molecule has 0 spiro atoms. The van der Waals surface area contributed by atoms with E-state index in [1.165, 1.54) is 18.5 Å². The molecule has 6 heteroatoms. The molecule has 0 radical (unpaired) electrons. The molecule has 1 aromatic heterocycles. The molecular formula is C17H29BrN4O. The highest BCUT2D eigenvalue weighted by Gasteiger charge is 2.42. The highest BCUT2D eigenvalue weighted by molar-refractivity contribution is 9.10. The molecule has 1 saturated carbocycles. The van der Waals surface area contributed by atoms with Gasteiger partial charge in [0.05, 0.1) is 6.54 Å². The Labute approximate surface area is 148 Å². The third kappa shape index (κ3) is 5.24. The number of aryl methyl sites for hydroxylation is 1. The summed E-state index contributed by atoms with van der Waals surface area (Å²) in [6.45, 7) is 5.53. The van der Waals surface area contributed by atoms with E-state index in [0.717, 1.165) is 43.2 Å². The highest BCUT2D eigenvalue weighted by Crippen LogP contribution is 2.48. The van der Waals surface area contributed by atoms with E-state index in [2.05, 4.69) is 69.0 Å². The Hall–Kier alpha value is -1.01. The van der Waals surface area contributed by atoms with Crippen LogP contribution in [0.5, 0.6) is 0 Å². The van der Waals surface area contributed by atoms with Crippen molar-refractivity contribution in [1.82, 2.24) is 14.8 Å². The summed E-state index contributed by atoms with van der Waals surface area (Å²) in [7, 11) is 5.99. The Bertz CT molecular complexity index is 537. The number of aliphatic imine (C=N–C) groups is 1. The molecule has 5 nitrogen and oxygen atoms in total. The smallest absolute Gasteiger partial charge is 0.193 e. The van der Waals surface area contributed by atoms with Crippen LogP contribution in [0, 0.1) is 5.41 Å². The standard InChI is InChI=1S/C17H29BrN4O/c1-5-23-9-8-17(6-7-17)13-20-16(19-2)22(4)12-15-10-14(18)11-21(15)3/h10-11H,5-9,12-13H2,1-4H3,(H,19,20). The summed E-state index contributed by atoms with van der Waals surface area (Å²) in [5.74, 6) is 0.949. The van der Waals surface area contributed by atoms with Gasteiger partial charge in [-0.1, -0.05) is 0 Å². The van der Waals surface area contributed by atoms with E-state index in [1.54, 1.807) is 0 Å². The van der Waals surface area contributed by atoms with Crippen molar-refractivity contribution in [3.63, 3.8) is 0 Å². The van der Waals surface area contributed by atoms with Gasteiger partial charge < -0.3 is 19.5 Å². The molecule has 1 aromatic rings. The molecule has 0 atom stereocenters. The first-order valence-electron chi connectivity index (χ1n) is 8.30. The van der Waals surface area contributed by atoms with E-state index in [1.807, 2.05) is 7.05 Å². The van der Waals surface area contributed by atoms with Gasteiger partial charge in [0.2, 0.25) is 0 Å². The zero-order chi connectivity index (χ0) is 16.9. The first kappa shape index (κ1) is 18.3. The maximum atomic E-state index is 5.51. The van der Waals surface area contributed by atoms with E-state index in [0.29, 0.717) is 5.41 Å². The van der Waals surface area contributed by atoms with Crippen molar-refractivity contribution in [1.29, 1.82) is 0 Å². The fraction of sp³-hybridized carbons (Fsp3) is 0.706. The first-order chi connectivity index (χ1) is 11.0. The van der Waals surface area contributed by atoms with Crippen molar-refractivity contribution in [2.45, 2.75) is 32.7 Å². The maximum absolute atomic E-state index is 5.51. The summed E-state index contributed by atoms with van der Waals surface area (Å²) in [5, 5.41) is 3.54. The number of guanidine groups is 1. The van der Waals surface area contributed by atoms with Crippen LogP contribution in [0.25, 0.3) is 0 Å². The number of aromatic nitrogens is 1. The van der Waals surface area contributed by atoms with Gasteiger partial charge >= 0.3 is 0 Å². The second kappa shape index (κ2) is 8.20. The number of hydrogen-bond donors (Lipinski definition) is 1. The Morgan fingerprint density at radius 1 is 1.52 bits per heavy atom. The molecule has 0 amide bonds. The fourth-order valence-corrected chi connectivity index (χ4v) is 3.39. The molecule has 1 fully saturated rings. The molecule has 0 saturated heterocycles. The second-order valence-corrected chi connectivity index (χ2v) is 7.38. The van der Waals surface area contributed by atoms with Gasteiger partial charge in [-0.05, 0) is 53.6 Å². The predicted molar refractivity (Wildman–Crippen MR) is 98.7 cm³/mol. The van der Waals surface area contributed by atoms with E-state index >= 15 is 0 Å². The minimum Gasteiger partial charge on any atom is -0.382 e. The predicted octanol–water partition coefficient (Wildman–Crippen LogP) is 3.00. The van der Waals surface area contributed by atoms with Crippen molar-refractivity contribution < 1.29 is 4.74 Å². The molecule has 23 heavy (non-hydrogen) atoms. The molecule has 2 rings (SSSR count). The van der Waals surface area contributed by atoms with Gasteiger partial charge in [-0.15, -0.1) is 0 Å². The van der Waals surface area contributed by atoms with E-state index in [4.69, 9.17) is 4.74 Å². The fourth-order valence-electron chi connectivity index (χ4n) is 2.82. The van der Waals surface area contributed by atoms with Gasteiger partial charge in [0.1, 0.15) is 0 Å². The van der Waals surface area contributed by atoms with Crippen molar-refractivity contribution in [2.75, 3.05) is 33.9 Å². The maximum Gasteiger partial charge on any atom is 0.193 e. The van der Waals surface area contributed by atoms with Crippen LogP contribution in [-0.2, 0) is 18.3 Å². The van der Waals surface area contributed by atoms with Gasteiger partial charge in [-0.3, -0.25) is 4.99 Å². The molecule has 0 bridgehead atoms. The monoisotopic (exact) mass is 384 g/mol. The lowest BCUT2D eigenvalue weighted by Gasteiger charge is -2.25. The number of nitrogens with zero attached hydrogens (tertiary/aromatic N) is 3. The largest absolute Gasteiger partial charge is 0.382 e. The zero-order valence-electron chi connectivity index (χ0n) is 14.7. The average molecular weight is 385 g/mol. The van der Waals surface area contributed by atoms with Crippen LogP contribution in [0.4, 0.5) is 0 Å². The van der Waals surface area contributed by atoms with E-state index < -0.39 is 0 Å². The number of nitrogens with one attached hydrogen (secondary N) is 1. The van der Waals surface area contributed by atoms with Gasteiger partial charge in [0.25, 0.3) is 0 Å². The van der Waals surface area contributed by atoms with Crippen molar-refractivity contribution >= 4 is 21.9 Å². The molecule has 0 unspecified atom stereocenters. The topological polar surface area (TPSA) is 41.8 Å². The Balaban J connectivity index is 1.84. The van der Waals surface area contributed by atoms with Crippen LogP contribution in [-0.4, -0.2) is 49.3 Å². The quantitative estimate of drug-likeness (QED) is 0.425. The Morgan fingerprint density at radius 2 is 2.26 bits per heavy atom. The number of rotatable bonds is 8. The van der Waals surface area contributed by atoms with E-state index in [-0.39, 0.29) is 0 Å². The summed E-state index contributed by atoms with van der Waals surface area (Å²) in [6.07, 6.45) is 5.79. The highest BCUT2D eigenvalue weighted by atomic mass is 79.9. The van der Waals surface area contributed by atoms with Gasteiger partial charge in [-0.25, -0.2) is 0 Å². The third-order valence-electron chi connectivity index (χ3n) is 4.61. The lowest BCUT2D eigenvalue weighted by Crippen LogP contribution is -2.41. The Morgan fingerprint density at radius 3 is 2.78 bits per heavy atom. The van der Waals surface area contributed by atoms with Crippen LogP contribution < -0.4 is 5.32 Å². The van der Waals surface area contributed by atoms with Crippen LogP contribution >= 0.6 is 15.9 Å². The van der Waals surface area contributed by atoms with Gasteiger partial charge in [0, 0.05) is 57.3 Å². The van der Waals surface area contributed by atoms with Crippen LogP contribution in [0.3, 0.4) is 0 Å². The molecule has 1 N–H and O–H groups in total. The van der Waals surface area contributed by atoms with Crippen LogP contribution in [0.15, 0.2) is 21.7 Å². The minimum absolute atomic E-state index is 0.417. The average Bonchev–Trinajstić information content (AvgIpc) is 3.20. The SMILES string of the molecule is CCOCCC1(CNC(=NC)N(C)Cc2cc(Br)cn2C)CC1. The lowest BCUT2D eigenvalue weighted by molar-refractivity contribution is 0.128.